The van der Waals surface area contributed by atoms with Gasteiger partial charge in [-0.15, -0.1) is 12.6 Å². The molecule has 4 nitrogen and oxygen atoms in total. The summed E-state index contributed by atoms with van der Waals surface area (Å²) in [5.41, 5.74) is 0.524. The number of hydrogen-bond donors (Lipinski definition) is 2. The predicted molar refractivity (Wildman–Crippen MR) is 81.1 cm³/mol. The molecule has 1 saturated heterocycles. The lowest BCUT2D eigenvalue weighted by Gasteiger charge is -2.29. The van der Waals surface area contributed by atoms with Gasteiger partial charge in [0.15, 0.2) is 0 Å². The molecular weight excluding hydrogens is 272 g/mol. The van der Waals surface area contributed by atoms with Gasteiger partial charge >= 0.3 is 0 Å². The molecule has 1 aliphatic rings. The first-order valence-electron chi connectivity index (χ1n) is 6.96. The molecule has 0 spiro atoms. The number of rotatable bonds is 3. The number of carbonyl (C=O) groups excluding carboxylic acids is 2. The van der Waals surface area contributed by atoms with Gasteiger partial charge in [-0.1, -0.05) is 6.07 Å². The Morgan fingerprint density at radius 3 is 2.60 bits per heavy atom. The van der Waals surface area contributed by atoms with Crippen LogP contribution in [0.4, 0.5) is 0 Å². The van der Waals surface area contributed by atoms with Gasteiger partial charge in [0.1, 0.15) is 6.04 Å². The first-order valence-corrected chi connectivity index (χ1v) is 7.41. The van der Waals surface area contributed by atoms with Gasteiger partial charge in [0.25, 0.3) is 5.91 Å². The van der Waals surface area contributed by atoms with Crippen molar-refractivity contribution in [2.45, 2.75) is 37.1 Å². The molecule has 0 aliphatic carbocycles. The Morgan fingerprint density at radius 1 is 1.25 bits per heavy atom. The second-order valence-corrected chi connectivity index (χ2v) is 5.65. The molecule has 108 valence electrons. The van der Waals surface area contributed by atoms with E-state index in [0.717, 1.165) is 30.8 Å². The summed E-state index contributed by atoms with van der Waals surface area (Å²) in [6, 6.07) is 6.49. The second-order valence-electron chi connectivity index (χ2n) is 5.13. The van der Waals surface area contributed by atoms with E-state index in [9.17, 15) is 9.59 Å². The van der Waals surface area contributed by atoms with Crippen LogP contribution in [0.2, 0.25) is 0 Å². The van der Waals surface area contributed by atoms with Crippen LogP contribution < -0.4 is 5.32 Å². The molecule has 0 bridgehead atoms. The third-order valence-corrected chi connectivity index (χ3v) is 3.77. The summed E-state index contributed by atoms with van der Waals surface area (Å²) in [5.74, 6) is -0.237. The van der Waals surface area contributed by atoms with E-state index in [1.807, 2.05) is 11.0 Å². The maximum absolute atomic E-state index is 12.2. The van der Waals surface area contributed by atoms with Gasteiger partial charge in [-0.25, -0.2) is 0 Å². The van der Waals surface area contributed by atoms with Gasteiger partial charge in [-0.3, -0.25) is 9.59 Å². The molecule has 20 heavy (non-hydrogen) atoms. The monoisotopic (exact) mass is 292 g/mol. The van der Waals surface area contributed by atoms with E-state index in [2.05, 4.69) is 17.9 Å². The standard InChI is InChI=1S/C15H20N2O2S/c1-11(15(19)17-8-3-2-4-9-17)16-14(18)12-6-5-7-13(20)10-12/h5-7,10-11,20H,2-4,8-9H2,1H3,(H,16,18). The smallest absolute Gasteiger partial charge is 0.251 e. The van der Waals surface area contributed by atoms with Gasteiger partial charge in [0.2, 0.25) is 5.91 Å². The highest BCUT2D eigenvalue weighted by Crippen LogP contribution is 2.11. The van der Waals surface area contributed by atoms with Crippen molar-refractivity contribution in [2.75, 3.05) is 13.1 Å². The summed E-state index contributed by atoms with van der Waals surface area (Å²) in [4.78, 5) is 26.9. The molecule has 1 unspecified atom stereocenters. The molecule has 0 saturated carbocycles. The van der Waals surface area contributed by atoms with Gasteiger partial charge in [-0.05, 0) is 44.4 Å². The number of amides is 2. The Morgan fingerprint density at radius 2 is 1.95 bits per heavy atom. The molecule has 1 heterocycles. The molecule has 0 radical (unpaired) electrons. The minimum atomic E-state index is -0.496. The molecule has 1 aromatic rings. The highest BCUT2D eigenvalue weighted by atomic mass is 32.1. The average molecular weight is 292 g/mol. The van der Waals surface area contributed by atoms with Crippen LogP contribution in [0.1, 0.15) is 36.5 Å². The van der Waals surface area contributed by atoms with Gasteiger partial charge in [0.05, 0.1) is 0 Å². The number of benzene rings is 1. The molecule has 1 atom stereocenters. The fourth-order valence-corrected chi connectivity index (χ4v) is 2.60. The van der Waals surface area contributed by atoms with Crippen molar-refractivity contribution in [1.29, 1.82) is 0 Å². The van der Waals surface area contributed by atoms with E-state index in [1.54, 1.807) is 25.1 Å². The van der Waals surface area contributed by atoms with Gasteiger partial charge in [-0.2, -0.15) is 0 Å². The van der Waals surface area contributed by atoms with Crippen molar-refractivity contribution in [3.63, 3.8) is 0 Å². The van der Waals surface area contributed by atoms with Crippen molar-refractivity contribution in [3.05, 3.63) is 29.8 Å². The van der Waals surface area contributed by atoms with Crippen LogP contribution in [-0.4, -0.2) is 35.8 Å². The Bertz CT molecular complexity index is 498. The van der Waals surface area contributed by atoms with Crippen molar-refractivity contribution < 1.29 is 9.59 Å². The molecule has 2 amide bonds. The summed E-state index contributed by atoms with van der Waals surface area (Å²) < 4.78 is 0. The number of likely N-dealkylation sites (tertiary alicyclic amines) is 1. The number of thiol groups is 1. The summed E-state index contributed by atoms with van der Waals surface area (Å²) in [6.07, 6.45) is 3.28. The highest BCUT2D eigenvalue weighted by Gasteiger charge is 2.23. The molecular formula is C15H20N2O2S. The topological polar surface area (TPSA) is 49.4 Å². The zero-order chi connectivity index (χ0) is 14.5. The van der Waals surface area contributed by atoms with Gasteiger partial charge < -0.3 is 10.2 Å². The summed E-state index contributed by atoms with van der Waals surface area (Å²) in [5, 5.41) is 2.76. The van der Waals surface area contributed by atoms with Crippen molar-refractivity contribution in [2.24, 2.45) is 0 Å². The third-order valence-electron chi connectivity index (χ3n) is 3.49. The summed E-state index contributed by atoms with van der Waals surface area (Å²) >= 11 is 4.21. The first-order chi connectivity index (χ1) is 9.58. The second kappa shape index (κ2) is 6.79. The average Bonchev–Trinajstić information content (AvgIpc) is 2.47. The lowest BCUT2D eigenvalue weighted by atomic mass is 10.1. The summed E-state index contributed by atoms with van der Waals surface area (Å²) in [7, 11) is 0. The fourth-order valence-electron chi connectivity index (χ4n) is 2.38. The Kier molecular flexibility index (Phi) is 5.06. The van der Waals surface area contributed by atoms with Crippen LogP contribution >= 0.6 is 12.6 Å². The third kappa shape index (κ3) is 3.76. The predicted octanol–water partition coefficient (Wildman–Crippen LogP) is 2.11. The molecule has 2 rings (SSSR count). The fraction of sp³-hybridized carbons (Fsp3) is 0.467. The number of nitrogens with one attached hydrogen (secondary N) is 1. The van der Waals surface area contributed by atoms with E-state index < -0.39 is 6.04 Å². The maximum Gasteiger partial charge on any atom is 0.251 e. The van der Waals surface area contributed by atoms with E-state index in [-0.39, 0.29) is 11.8 Å². The van der Waals surface area contributed by atoms with E-state index in [4.69, 9.17) is 0 Å². The zero-order valence-electron chi connectivity index (χ0n) is 11.6. The minimum Gasteiger partial charge on any atom is -0.341 e. The van der Waals surface area contributed by atoms with E-state index >= 15 is 0 Å². The zero-order valence-corrected chi connectivity index (χ0v) is 12.5. The SMILES string of the molecule is CC(NC(=O)c1cccc(S)c1)C(=O)N1CCCCC1. The largest absolute Gasteiger partial charge is 0.341 e. The van der Waals surface area contributed by atoms with Gasteiger partial charge in [0, 0.05) is 23.5 Å². The molecule has 1 fully saturated rings. The molecule has 1 N–H and O–H groups in total. The lowest BCUT2D eigenvalue weighted by Crippen LogP contribution is -2.48. The Hall–Kier alpha value is -1.49. The highest BCUT2D eigenvalue weighted by molar-refractivity contribution is 7.80. The first kappa shape index (κ1) is 14.9. The van der Waals surface area contributed by atoms with Crippen LogP contribution in [0.5, 0.6) is 0 Å². The number of nitrogens with zero attached hydrogens (tertiary/aromatic N) is 1. The maximum atomic E-state index is 12.2. The quantitative estimate of drug-likeness (QED) is 0.838. The van der Waals surface area contributed by atoms with Crippen molar-refractivity contribution >= 4 is 24.4 Å². The Balaban J connectivity index is 1.94. The molecule has 0 aromatic heterocycles. The van der Waals surface area contributed by atoms with Crippen LogP contribution in [0.15, 0.2) is 29.2 Å². The number of piperidine rings is 1. The minimum absolute atomic E-state index is 0.0000723. The van der Waals surface area contributed by atoms with Crippen LogP contribution in [0, 0.1) is 0 Å². The number of hydrogen-bond acceptors (Lipinski definition) is 3. The molecule has 1 aromatic carbocycles. The molecule has 5 heteroatoms. The lowest BCUT2D eigenvalue weighted by molar-refractivity contribution is -0.133. The van der Waals surface area contributed by atoms with Crippen molar-refractivity contribution in [1.82, 2.24) is 10.2 Å². The van der Waals surface area contributed by atoms with Crippen molar-refractivity contribution in [3.8, 4) is 0 Å². The van der Waals surface area contributed by atoms with E-state index in [0.29, 0.717) is 5.56 Å². The van der Waals surface area contributed by atoms with Crippen LogP contribution in [0.3, 0.4) is 0 Å². The normalized spacial score (nSPS) is 16.6. The molecule has 1 aliphatic heterocycles. The summed E-state index contributed by atoms with van der Waals surface area (Å²) in [6.45, 7) is 3.33. The number of carbonyl (C=O) groups is 2. The van der Waals surface area contributed by atoms with Crippen LogP contribution in [0.25, 0.3) is 0 Å². The van der Waals surface area contributed by atoms with Crippen LogP contribution in [-0.2, 0) is 4.79 Å². The Labute approximate surface area is 124 Å². The van der Waals surface area contributed by atoms with E-state index in [1.165, 1.54) is 6.42 Å².